The number of hydrogen-bond donors (Lipinski definition) is 1. The van der Waals surface area contributed by atoms with Crippen LogP contribution in [0.2, 0.25) is 0 Å². The Kier molecular flexibility index (Phi) is 7.08. The fourth-order valence-electron chi connectivity index (χ4n) is 1.99. The number of ether oxygens (including phenoxy) is 1. The standard InChI is InChI=1S/C14H27N5O/c1-6-8-19(10-9-18(3)4)14-12(20-5)13(15-7-2)16-11-17-14/h11H,6-10H2,1-5H3,(H,15,16,17). The van der Waals surface area contributed by atoms with Gasteiger partial charge in [-0.05, 0) is 27.4 Å². The minimum atomic E-state index is 0.724. The van der Waals surface area contributed by atoms with Gasteiger partial charge in [0.25, 0.3) is 0 Å². The van der Waals surface area contributed by atoms with Crippen molar-refractivity contribution in [2.75, 3.05) is 57.6 Å². The monoisotopic (exact) mass is 281 g/mol. The predicted octanol–water partition coefficient (Wildman–Crippen LogP) is 1.69. The second-order valence-electron chi connectivity index (χ2n) is 4.90. The summed E-state index contributed by atoms with van der Waals surface area (Å²) < 4.78 is 5.52. The molecule has 1 heterocycles. The molecule has 0 bridgehead atoms. The van der Waals surface area contributed by atoms with E-state index in [1.807, 2.05) is 6.92 Å². The van der Waals surface area contributed by atoms with Gasteiger partial charge in [0, 0.05) is 26.2 Å². The molecule has 0 saturated carbocycles. The highest BCUT2D eigenvalue weighted by molar-refractivity contribution is 5.64. The number of aromatic nitrogens is 2. The summed E-state index contributed by atoms with van der Waals surface area (Å²) in [5.74, 6) is 2.34. The Labute approximate surface area is 122 Å². The van der Waals surface area contributed by atoms with Crippen LogP contribution in [-0.2, 0) is 0 Å². The summed E-state index contributed by atoms with van der Waals surface area (Å²) in [5, 5.41) is 3.22. The van der Waals surface area contributed by atoms with Crippen LogP contribution in [0.25, 0.3) is 0 Å². The van der Waals surface area contributed by atoms with Crippen LogP contribution in [0, 0.1) is 0 Å². The molecule has 1 aromatic heterocycles. The molecule has 0 amide bonds. The van der Waals surface area contributed by atoms with E-state index in [0.717, 1.165) is 50.0 Å². The molecule has 6 heteroatoms. The predicted molar refractivity (Wildman–Crippen MR) is 83.8 cm³/mol. The van der Waals surface area contributed by atoms with Gasteiger partial charge in [-0.1, -0.05) is 6.92 Å². The lowest BCUT2D eigenvalue weighted by atomic mass is 10.3. The van der Waals surface area contributed by atoms with Gasteiger partial charge in [0.15, 0.2) is 11.6 Å². The van der Waals surface area contributed by atoms with Gasteiger partial charge in [-0.15, -0.1) is 0 Å². The Morgan fingerprint density at radius 2 is 1.90 bits per heavy atom. The number of rotatable bonds is 9. The van der Waals surface area contributed by atoms with Crippen molar-refractivity contribution in [3.05, 3.63) is 6.33 Å². The lowest BCUT2D eigenvalue weighted by Gasteiger charge is -2.26. The number of likely N-dealkylation sites (N-methyl/N-ethyl adjacent to an activating group) is 1. The largest absolute Gasteiger partial charge is 0.490 e. The highest BCUT2D eigenvalue weighted by atomic mass is 16.5. The lowest BCUT2D eigenvalue weighted by Crippen LogP contribution is -2.33. The Balaban J connectivity index is 3.01. The van der Waals surface area contributed by atoms with Crippen molar-refractivity contribution in [3.63, 3.8) is 0 Å². The van der Waals surface area contributed by atoms with E-state index in [2.05, 4.69) is 46.1 Å². The molecule has 0 atom stereocenters. The maximum absolute atomic E-state index is 5.52. The summed E-state index contributed by atoms with van der Waals surface area (Å²) in [4.78, 5) is 13.1. The first kappa shape index (κ1) is 16.5. The third-order valence-electron chi connectivity index (χ3n) is 2.94. The Hall–Kier alpha value is -1.56. The van der Waals surface area contributed by atoms with E-state index in [-0.39, 0.29) is 0 Å². The Morgan fingerprint density at radius 3 is 2.45 bits per heavy atom. The summed E-state index contributed by atoms with van der Waals surface area (Å²) >= 11 is 0. The van der Waals surface area contributed by atoms with E-state index in [1.54, 1.807) is 13.4 Å². The fraction of sp³-hybridized carbons (Fsp3) is 0.714. The molecule has 0 spiro atoms. The van der Waals surface area contributed by atoms with Crippen molar-refractivity contribution in [2.45, 2.75) is 20.3 Å². The first-order valence-electron chi connectivity index (χ1n) is 7.16. The second-order valence-corrected chi connectivity index (χ2v) is 4.90. The first-order valence-corrected chi connectivity index (χ1v) is 7.16. The van der Waals surface area contributed by atoms with E-state index >= 15 is 0 Å². The topological polar surface area (TPSA) is 53.5 Å². The molecule has 0 unspecified atom stereocenters. The van der Waals surface area contributed by atoms with Crippen LogP contribution in [-0.4, -0.2) is 62.3 Å². The smallest absolute Gasteiger partial charge is 0.204 e. The van der Waals surface area contributed by atoms with Gasteiger partial charge in [0.1, 0.15) is 6.33 Å². The molecule has 1 rings (SSSR count). The van der Waals surface area contributed by atoms with Crippen LogP contribution in [0.3, 0.4) is 0 Å². The molecule has 6 nitrogen and oxygen atoms in total. The molecule has 0 fully saturated rings. The molecule has 114 valence electrons. The van der Waals surface area contributed by atoms with Crippen molar-refractivity contribution in [1.29, 1.82) is 0 Å². The normalized spacial score (nSPS) is 10.7. The zero-order valence-electron chi connectivity index (χ0n) is 13.3. The summed E-state index contributed by atoms with van der Waals surface area (Å²) in [6, 6.07) is 0. The molecule has 1 aromatic rings. The molecule has 0 aromatic carbocycles. The maximum Gasteiger partial charge on any atom is 0.204 e. The minimum absolute atomic E-state index is 0.724. The third kappa shape index (κ3) is 4.52. The van der Waals surface area contributed by atoms with Gasteiger partial charge in [-0.3, -0.25) is 0 Å². The number of anilines is 2. The van der Waals surface area contributed by atoms with E-state index < -0.39 is 0 Å². The fourth-order valence-corrected chi connectivity index (χ4v) is 1.99. The van der Waals surface area contributed by atoms with Crippen LogP contribution in [0.15, 0.2) is 6.33 Å². The van der Waals surface area contributed by atoms with E-state index in [9.17, 15) is 0 Å². The van der Waals surface area contributed by atoms with Crippen LogP contribution in [0.5, 0.6) is 5.75 Å². The third-order valence-corrected chi connectivity index (χ3v) is 2.94. The molecule has 20 heavy (non-hydrogen) atoms. The Morgan fingerprint density at radius 1 is 1.15 bits per heavy atom. The van der Waals surface area contributed by atoms with Gasteiger partial charge in [0.2, 0.25) is 5.75 Å². The summed E-state index contributed by atoms with van der Waals surface area (Å²) in [5.41, 5.74) is 0. The van der Waals surface area contributed by atoms with Gasteiger partial charge in [-0.2, -0.15) is 0 Å². The van der Waals surface area contributed by atoms with Gasteiger partial charge in [0.05, 0.1) is 7.11 Å². The molecule has 0 radical (unpaired) electrons. The van der Waals surface area contributed by atoms with Crippen LogP contribution < -0.4 is 15.0 Å². The van der Waals surface area contributed by atoms with Crippen LogP contribution in [0.4, 0.5) is 11.6 Å². The molecule has 0 aliphatic carbocycles. The molecular weight excluding hydrogens is 254 g/mol. The highest BCUT2D eigenvalue weighted by Crippen LogP contribution is 2.31. The zero-order valence-corrected chi connectivity index (χ0v) is 13.3. The SMILES string of the molecule is CCCN(CCN(C)C)c1ncnc(NCC)c1OC. The van der Waals surface area contributed by atoms with Crippen LogP contribution in [0.1, 0.15) is 20.3 Å². The van der Waals surface area contributed by atoms with Gasteiger partial charge >= 0.3 is 0 Å². The number of nitrogens with zero attached hydrogens (tertiary/aromatic N) is 4. The zero-order chi connectivity index (χ0) is 15.0. The molecule has 0 aliphatic heterocycles. The molecule has 0 saturated heterocycles. The average Bonchev–Trinajstić information content (AvgIpc) is 2.43. The van der Waals surface area contributed by atoms with Crippen molar-refractivity contribution < 1.29 is 4.74 Å². The van der Waals surface area contributed by atoms with Crippen LogP contribution >= 0.6 is 0 Å². The summed E-state index contributed by atoms with van der Waals surface area (Å²) in [6.07, 6.45) is 2.66. The average molecular weight is 281 g/mol. The maximum atomic E-state index is 5.52. The number of nitrogens with one attached hydrogen (secondary N) is 1. The summed E-state index contributed by atoms with van der Waals surface area (Å²) in [6.45, 7) is 7.85. The lowest BCUT2D eigenvalue weighted by molar-refractivity contribution is 0.400. The van der Waals surface area contributed by atoms with E-state index in [0.29, 0.717) is 0 Å². The van der Waals surface area contributed by atoms with Crippen molar-refractivity contribution in [2.24, 2.45) is 0 Å². The van der Waals surface area contributed by atoms with Gasteiger partial charge < -0.3 is 19.9 Å². The first-order chi connectivity index (χ1) is 9.63. The van der Waals surface area contributed by atoms with Gasteiger partial charge in [-0.25, -0.2) is 9.97 Å². The van der Waals surface area contributed by atoms with E-state index in [1.165, 1.54) is 0 Å². The second kappa shape index (κ2) is 8.58. The van der Waals surface area contributed by atoms with Crippen molar-refractivity contribution >= 4 is 11.6 Å². The summed E-state index contributed by atoms with van der Waals surface area (Å²) in [7, 11) is 5.82. The van der Waals surface area contributed by atoms with Crippen molar-refractivity contribution in [3.8, 4) is 5.75 Å². The number of hydrogen-bond acceptors (Lipinski definition) is 6. The number of methoxy groups -OCH3 is 1. The Bertz CT molecular complexity index is 397. The molecular formula is C14H27N5O. The quantitative estimate of drug-likeness (QED) is 0.743. The van der Waals surface area contributed by atoms with Crippen molar-refractivity contribution in [1.82, 2.24) is 14.9 Å². The highest BCUT2D eigenvalue weighted by Gasteiger charge is 2.17. The molecule has 1 N–H and O–H groups in total. The molecule has 0 aliphatic rings. The van der Waals surface area contributed by atoms with E-state index in [4.69, 9.17) is 4.74 Å². The minimum Gasteiger partial charge on any atom is -0.490 e.